The summed E-state index contributed by atoms with van der Waals surface area (Å²) in [5.74, 6) is 0. The van der Waals surface area contributed by atoms with Crippen molar-refractivity contribution < 1.29 is 4.39 Å². The summed E-state index contributed by atoms with van der Waals surface area (Å²) in [4.78, 5) is 0. The number of nitrogens with one attached hydrogen (secondary N) is 1. The highest BCUT2D eigenvalue weighted by molar-refractivity contribution is 4.98. The third kappa shape index (κ3) is 0.782. The number of halogens is 1. The molecule has 1 atom stereocenters. The highest BCUT2D eigenvalue weighted by atomic mass is 19.1. The number of hydrogen-bond donors (Lipinski definition) is 1. The molecule has 1 aliphatic heterocycles. The Labute approximate surface area is 61.0 Å². The van der Waals surface area contributed by atoms with Crippen molar-refractivity contribution in [2.75, 3.05) is 13.1 Å². The molecule has 0 aromatic heterocycles. The number of alkyl halides is 1. The summed E-state index contributed by atoms with van der Waals surface area (Å²) in [6.07, 6.45) is 3.60. The van der Waals surface area contributed by atoms with Gasteiger partial charge in [0.2, 0.25) is 0 Å². The largest absolute Gasteiger partial charge is 0.317 e. The molecule has 1 spiro atoms. The molecule has 10 heavy (non-hydrogen) atoms. The van der Waals surface area contributed by atoms with Gasteiger partial charge in [-0.05, 0) is 38.8 Å². The SMILES string of the molecule is F[C@@H]1CCC12CCNCC2. The van der Waals surface area contributed by atoms with E-state index in [0.29, 0.717) is 0 Å². The van der Waals surface area contributed by atoms with E-state index in [1.165, 1.54) is 0 Å². The molecule has 1 nitrogen and oxygen atoms in total. The standard InChI is InChI=1S/C8H14FN/c9-7-1-2-8(7)3-5-10-6-4-8/h7,10H,1-6H2/t7-/m1/s1. The Morgan fingerprint density at radius 2 is 1.90 bits per heavy atom. The lowest BCUT2D eigenvalue weighted by Crippen LogP contribution is -2.49. The normalized spacial score (nSPS) is 37.5. The number of rotatable bonds is 0. The molecule has 58 valence electrons. The van der Waals surface area contributed by atoms with Crippen LogP contribution in [0.3, 0.4) is 0 Å². The monoisotopic (exact) mass is 143 g/mol. The molecular formula is C8H14FN. The average molecular weight is 143 g/mol. The van der Waals surface area contributed by atoms with E-state index in [4.69, 9.17) is 0 Å². The van der Waals surface area contributed by atoms with E-state index in [1.54, 1.807) is 0 Å². The van der Waals surface area contributed by atoms with Crippen LogP contribution in [0.25, 0.3) is 0 Å². The van der Waals surface area contributed by atoms with E-state index in [0.717, 1.165) is 38.8 Å². The first-order valence-electron chi connectivity index (χ1n) is 4.18. The molecule has 1 heterocycles. The lowest BCUT2D eigenvalue weighted by molar-refractivity contribution is -0.0278. The van der Waals surface area contributed by atoms with Crippen molar-refractivity contribution in [3.8, 4) is 0 Å². The van der Waals surface area contributed by atoms with Crippen LogP contribution in [0, 0.1) is 5.41 Å². The van der Waals surface area contributed by atoms with Gasteiger partial charge in [0.05, 0.1) is 0 Å². The molecule has 1 N–H and O–H groups in total. The molecule has 0 unspecified atom stereocenters. The lowest BCUT2D eigenvalue weighted by Gasteiger charge is -2.48. The summed E-state index contributed by atoms with van der Waals surface area (Å²) in [5.41, 5.74) is 0.130. The second-order valence-corrected chi connectivity index (χ2v) is 3.62. The maximum Gasteiger partial charge on any atom is 0.106 e. The van der Waals surface area contributed by atoms with Gasteiger partial charge in [-0.1, -0.05) is 0 Å². The fourth-order valence-corrected chi connectivity index (χ4v) is 2.15. The van der Waals surface area contributed by atoms with E-state index >= 15 is 0 Å². The smallest absolute Gasteiger partial charge is 0.106 e. The van der Waals surface area contributed by atoms with E-state index in [2.05, 4.69) is 5.32 Å². The summed E-state index contributed by atoms with van der Waals surface area (Å²) in [6.45, 7) is 2.06. The predicted molar refractivity (Wildman–Crippen MR) is 38.7 cm³/mol. The molecule has 2 heteroatoms. The van der Waals surface area contributed by atoms with Gasteiger partial charge in [0.1, 0.15) is 6.17 Å². The summed E-state index contributed by atoms with van der Waals surface area (Å²) < 4.78 is 13.0. The molecule has 1 saturated carbocycles. The molecule has 1 saturated heterocycles. The lowest BCUT2D eigenvalue weighted by atomic mass is 9.62. The Hall–Kier alpha value is -0.110. The topological polar surface area (TPSA) is 12.0 Å². The quantitative estimate of drug-likeness (QED) is 0.541. The van der Waals surface area contributed by atoms with E-state index < -0.39 is 6.17 Å². The highest BCUT2D eigenvalue weighted by Gasteiger charge is 2.47. The molecule has 0 bridgehead atoms. The molecule has 0 radical (unpaired) electrons. The molecule has 1 aliphatic carbocycles. The first-order chi connectivity index (χ1) is 4.83. The first kappa shape index (κ1) is 6.59. The van der Waals surface area contributed by atoms with E-state index in [1.807, 2.05) is 0 Å². The van der Waals surface area contributed by atoms with Crippen molar-refractivity contribution in [2.45, 2.75) is 31.9 Å². The van der Waals surface area contributed by atoms with Crippen molar-refractivity contribution in [2.24, 2.45) is 5.41 Å². The minimum atomic E-state index is -0.477. The molecule has 0 aromatic carbocycles. The van der Waals surface area contributed by atoms with Crippen LogP contribution in [0.1, 0.15) is 25.7 Å². The summed E-state index contributed by atoms with van der Waals surface area (Å²) in [6, 6.07) is 0. The van der Waals surface area contributed by atoms with Crippen molar-refractivity contribution in [1.29, 1.82) is 0 Å². The zero-order chi connectivity index (χ0) is 7.03. The maximum absolute atomic E-state index is 13.0. The fraction of sp³-hybridized carbons (Fsp3) is 1.00. The number of hydrogen-bond acceptors (Lipinski definition) is 1. The second kappa shape index (κ2) is 2.19. The van der Waals surface area contributed by atoms with Gasteiger partial charge >= 0.3 is 0 Å². The van der Waals surface area contributed by atoms with Crippen LogP contribution < -0.4 is 5.32 Å². The van der Waals surface area contributed by atoms with Crippen LogP contribution in [0.15, 0.2) is 0 Å². The second-order valence-electron chi connectivity index (χ2n) is 3.62. The van der Waals surface area contributed by atoms with E-state index in [9.17, 15) is 4.39 Å². The molecular weight excluding hydrogens is 129 g/mol. The van der Waals surface area contributed by atoms with Gasteiger partial charge in [0, 0.05) is 5.41 Å². The Kier molecular flexibility index (Phi) is 1.44. The minimum absolute atomic E-state index is 0.130. The van der Waals surface area contributed by atoms with Gasteiger partial charge in [-0.25, -0.2) is 4.39 Å². The number of piperidine rings is 1. The van der Waals surface area contributed by atoms with Crippen LogP contribution in [-0.2, 0) is 0 Å². The summed E-state index contributed by atoms with van der Waals surface area (Å²) >= 11 is 0. The molecule has 2 fully saturated rings. The Morgan fingerprint density at radius 1 is 1.20 bits per heavy atom. The van der Waals surface area contributed by atoms with Crippen LogP contribution in [0.4, 0.5) is 4.39 Å². The Balaban J connectivity index is 1.99. The van der Waals surface area contributed by atoms with Crippen molar-refractivity contribution >= 4 is 0 Å². The fourth-order valence-electron chi connectivity index (χ4n) is 2.15. The van der Waals surface area contributed by atoms with Crippen molar-refractivity contribution in [1.82, 2.24) is 5.32 Å². The van der Waals surface area contributed by atoms with Crippen molar-refractivity contribution in [3.05, 3.63) is 0 Å². The molecule has 2 rings (SSSR count). The molecule has 0 aromatic rings. The summed E-state index contributed by atoms with van der Waals surface area (Å²) in [5, 5.41) is 3.26. The zero-order valence-electron chi connectivity index (χ0n) is 6.20. The van der Waals surface area contributed by atoms with Gasteiger partial charge < -0.3 is 5.32 Å². The minimum Gasteiger partial charge on any atom is -0.317 e. The third-order valence-electron chi connectivity index (χ3n) is 3.16. The van der Waals surface area contributed by atoms with Crippen LogP contribution in [0.2, 0.25) is 0 Å². The molecule has 0 amide bonds. The summed E-state index contributed by atoms with van der Waals surface area (Å²) in [7, 11) is 0. The van der Waals surface area contributed by atoms with Gasteiger partial charge in [-0.2, -0.15) is 0 Å². The van der Waals surface area contributed by atoms with E-state index in [-0.39, 0.29) is 5.41 Å². The van der Waals surface area contributed by atoms with Gasteiger partial charge in [-0.3, -0.25) is 0 Å². The average Bonchev–Trinajstić information content (AvgIpc) is 2.04. The van der Waals surface area contributed by atoms with Gasteiger partial charge in [-0.15, -0.1) is 0 Å². The van der Waals surface area contributed by atoms with Gasteiger partial charge in [0.25, 0.3) is 0 Å². The van der Waals surface area contributed by atoms with Gasteiger partial charge in [0.15, 0.2) is 0 Å². The van der Waals surface area contributed by atoms with Crippen LogP contribution in [-0.4, -0.2) is 19.3 Å². The first-order valence-corrected chi connectivity index (χ1v) is 4.18. The molecule has 2 aliphatic rings. The van der Waals surface area contributed by atoms with Crippen molar-refractivity contribution in [3.63, 3.8) is 0 Å². The zero-order valence-corrected chi connectivity index (χ0v) is 6.20. The Morgan fingerprint density at radius 3 is 2.20 bits per heavy atom. The van der Waals surface area contributed by atoms with Crippen LogP contribution >= 0.6 is 0 Å². The van der Waals surface area contributed by atoms with Crippen LogP contribution in [0.5, 0.6) is 0 Å². The Bertz CT molecular complexity index is 129. The highest BCUT2D eigenvalue weighted by Crippen LogP contribution is 2.49. The third-order valence-corrected chi connectivity index (χ3v) is 3.16. The predicted octanol–water partition coefficient (Wildman–Crippen LogP) is 1.49. The maximum atomic E-state index is 13.0.